The number of hydrogen-bond acceptors (Lipinski definition) is 7. The highest BCUT2D eigenvalue weighted by Gasteiger charge is 2.60. The molecule has 0 aromatic rings. The van der Waals surface area contributed by atoms with E-state index in [2.05, 4.69) is 0 Å². The Labute approximate surface area is 128 Å². The molecule has 0 heterocycles. The Bertz CT molecular complexity index is 526. The molecule has 0 atom stereocenters. The van der Waals surface area contributed by atoms with Gasteiger partial charge in [0.15, 0.2) is 0 Å². The second-order valence-electron chi connectivity index (χ2n) is 4.54. The van der Waals surface area contributed by atoms with Crippen molar-refractivity contribution in [2.75, 3.05) is 13.1 Å². The number of rotatable bonds is 8. The van der Waals surface area contributed by atoms with Gasteiger partial charge in [-0.2, -0.15) is 0 Å². The number of nitrogens with one attached hydrogen (secondary N) is 1. The molecule has 13 N–H and O–H groups in total. The van der Waals surface area contributed by atoms with E-state index in [1.807, 2.05) is 0 Å². The lowest BCUT2D eigenvalue weighted by molar-refractivity contribution is 0.295. The van der Waals surface area contributed by atoms with Crippen molar-refractivity contribution in [3.63, 3.8) is 0 Å². The summed E-state index contributed by atoms with van der Waals surface area (Å²) < 4.78 is 44.6. The molecule has 15 nitrogen and oxygen atoms in total. The highest BCUT2D eigenvalue weighted by atomic mass is 31.2. The molecule has 0 aromatic heterocycles. The minimum absolute atomic E-state index is 1.46. The maximum atomic E-state index is 11.1. The van der Waals surface area contributed by atoms with Gasteiger partial charge in [-0.3, -0.25) is 18.3 Å². The van der Waals surface area contributed by atoms with E-state index in [1.165, 1.54) is 0 Å². The highest BCUT2D eigenvalue weighted by molar-refractivity contribution is 7.72. The van der Waals surface area contributed by atoms with Gasteiger partial charge in [0, 0.05) is 13.1 Å². The fourth-order valence-electron chi connectivity index (χ4n) is 1.18. The molecule has 0 amide bonds. The molecule has 0 saturated carbocycles. The summed E-state index contributed by atoms with van der Waals surface area (Å²) in [6.07, 6.45) is 0. The minimum Gasteiger partial charge on any atom is -0.323 e. The molecule has 23 heavy (non-hydrogen) atoms. The van der Waals surface area contributed by atoms with Gasteiger partial charge in [-0.05, 0) is 0 Å². The molecule has 0 aliphatic heterocycles. The van der Waals surface area contributed by atoms with Crippen molar-refractivity contribution in [3.05, 3.63) is 0 Å². The van der Waals surface area contributed by atoms with Crippen LogP contribution < -0.4 is 16.8 Å². The first kappa shape index (κ1) is 23.5. The Hall–Kier alpha value is 0.480. The third kappa shape index (κ3) is 4.77. The van der Waals surface area contributed by atoms with Crippen LogP contribution >= 0.6 is 30.4 Å². The largest absolute Gasteiger partial charge is 0.358 e. The molecular weight excluding hydrogens is 406 g/mol. The fourth-order valence-corrected chi connectivity index (χ4v) is 5.17. The smallest absolute Gasteiger partial charge is 0.323 e. The van der Waals surface area contributed by atoms with E-state index in [0.29, 0.717) is 0 Å². The van der Waals surface area contributed by atoms with Crippen molar-refractivity contribution in [2.24, 2.45) is 11.5 Å². The Kier molecular flexibility index (Phi) is 6.79. The summed E-state index contributed by atoms with van der Waals surface area (Å²) in [6, 6.07) is 0. The molecule has 0 radical (unpaired) electrons. The lowest BCUT2D eigenvalue weighted by Gasteiger charge is -2.34. The van der Waals surface area contributed by atoms with Crippen molar-refractivity contribution in [2.45, 2.75) is 10.0 Å². The molecule has 0 aromatic carbocycles. The molecule has 140 valence electrons. The Morgan fingerprint density at radius 2 is 0.783 bits per heavy atom. The normalized spacial score (nSPS) is 15.7. The molecule has 0 spiro atoms. The first-order valence-electron chi connectivity index (χ1n) is 5.22. The predicted octanol–water partition coefficient (Wildman–Crippen LogP) is -3.49. The van der Waals surface area contributed by atoms with Crippen LogP contribution in [0.3, 0.4) is 0 Å². The maximum Gasteiger partial charge on any atom is 0.358 e. The lowest BCUT2D eigenvalue weighted by atomic mass is 10.5. The van der Waals surface area contributed by atoms with Gasteiger partial charge < -0.3 is 55.9 Å². The van der Waals surface area contributed by atoms with Crippen LogP contribution in [0.2, 0.25) is 0 Å². The van der Waals surface area contributed by atoms with Crippen LogP contribution in [0.15, 0.2) is 0 Å². The first-order valence-corrected chi connectivity index (χ1v) is 11.7. The molecule has 0 saturated heterocycles. The minimum atomic E-state index is -5.65. The SMILES string of the molecule is NC(CNCC(N)(P(=O)(O)O)P(=O)(O)O)(P(=O)(O)O)P(=O)(O)O. The monoisotopic (exact) mass is 423 g/mol. The average molecular weight is 423 g/mol. The molecule has 0 rings (SSSR count). The summed E-state index contributed by atoms with van der Waals surface area (Å²) in [6.45, 7) is -2.92. The van der Waals surface area contributed by atoms with Crippen LogP contribution in [0.4, 0.5) is 0 Å². The molecule has 0 aliphatic carbocycles. The molecule has 0 aliphatic rings. The molecule has 0 unspecified atom stereocenters. The van der Waals surface area contributed by atoms with Crippen LogP contribution in [0, 0.1) is 0 Å². The zero-order valence-corrected chi connectivity index (χ0v) is 14.6. The molecule has 0 bridgehead atoms. The first-order chi connectivity index (χ1) is 9.71. The zero-order valence-electron chi connectivity index (χ0n) is 11.1. The van der Waals surface area contributed by atoms with Crippen molar-refractivity contribution < 1.29 is 57.4 Å². The Morgan fingerprint density at radius 1 is 0.609 bits per heavy atom. The van der Waals surface area contributed by atoms with Gasteiger partial charge in [-0.15, -0.1) is 0 Å². The van der Waals surface area contributed by atoms with E-state index in [1.54, 1.807) is 5.32 Å². The summed E-state index contributed by atoms with van der Waals surface area (Å²) in [4.78, 5) is 71.5. The standard InChI is InChI=1S/C4H17N3O12P4/c5-3(20(8,9)10,21(11,12)13)1-7-2-4(6,22(14,15)16)23(17,18)19/h7H,1-2,5-6H2,(H2,8,9,10)(H2,11,12,13)(H2,14,15,16)(H2,17,18,19). The van der Waals surface area contributed by atoms with Crippen LogP contribution in [-0.2, 0) is 18.3 Å². The Morgan fingerprint density at radius 3 is 0.913 bits per heavy atom. The van der Waals surface area contributed by atoms with Gasteiger partial charge in [0.25, 0.3) is 0 Å². The molecule has 0 fully saturated rings. The second kappa shape index (κ2) is 6.65. The van der Waals surface area contributed by atoms with E-state index >= 15 is 0 Å². The van der Waals surface area contributed by atoms with Crippen LogP contribution in [-0.4, -0.2) is 62.3 Å². The van der Waals surface area contributed by atoms with E-state index < -0.39 is 53.5 Å². The number of hydrogen-bond donors (Lipinski definition) is 11. The van der Waals surface area contributed by atoms with Crippen LogP contribution in [0.1, 0.15) is 0 Å². The highest BCUT2D eigenvalue weighted by Crippen LogP contribution is 2.67. The van der Waals surface area contributed by atoms with Gasteiger partial charge in [0.2, 0.25) is 10.0 Å². The topological polar surface area (TPSA) is 294 Å². The molecular formula is C4H17N3O12P4. The average Bonchev–Trinajstić information content (AvgIpc) is 2.22. The summed E-state index contributed by atoms with van der Waals surface area (Å²) in [7, 11) is -22.6. The lowest BCUT2D eigenvalue weighted by Crippen LogP contribution is -2.54. The van der Waals surface area contributed by atoms with Crippen molar-refractivity contribution in [3.8, 4) is 0 Å². The van der Waals surface area contributed by atoms with Gasteiger partial charge in [-0.25, -0.2) is 0 Å². The predicted molar refractivity (Wildman–Crippen MR) is 74.9 cm³/mol. The third-order valence-corrected chi connectivity index (χ3v) is 10.6. The van der Waals surface area contributed by atoms with E-state index in [-0.39, 0.29) is 0 Å². The van der Waals surface area contributed by atoms with Crippen molar-refractivity contribution in [1.82, 2.24) is 5.32 Å². The Balaban J connectivity index is 5.55. The molecule has 19 heteroatoms. The van der Waals surface area contributed by atoms with Crippen molar-refractivity contribution >= 4 is 30.4 Å². The van der Waals surface area contributed by atoms with E-state index in [4.69, 9.17) is 50.6 Å². The zero-order chi connectivity index (χ0) is 19.1. The summed E-state index contributed by atoms with van der Waals surface area (Å²) in [5.74, 6) is 0. The third-order valence-electron chi connectivity index (χ3n) is 2.79. The van der Waals surface area contributed by atoms with E-state index in [0.717, 1.165) is 0 Å². The van der Waals surface area contributed by atoms with Gasteiger partial charge in [-0.1, -0.05) is 0 Å². The summed E-state index contributed by atoms with van der Waals surface area (Å²) in [5, 5.41) is -5.32. The van der Waals surface area contributed by atoms with Crippen molar-refractivity contribution in [1.29, 1.82) is 0 Å². The van der Waals surface area contributed by atoms with E-state index in [9.17, 15) is 18.3 Å². The van der Waals surface area contributed by atoms with Gasteiger partial charge in [0.1, 0.15) is 0 Å². The summed E-state index contributed by atoms with van der Waals surface area (Å²) in [5.41, 5.74) is 9.96. The van der Waals surface area contributed by atoms with Crippen LogP contribution in [0.5, 0.6) is 0 Å². The number of nitrogens with two attached hydrogens (primary N) is 2. The maximum absolute atomic E-state index is 11.1. The second-order valence-corrected chi connectivity index (χ2v) is 12.8. The fraction of sp³-hybridized carbons (Fsp3) is 1.00. The van der Waals surface area contributed by atoms with Gasteiger partial charge >= 0.3 is 30.4 Å². The van der Waals surface area contributed by atoms with Crippen LogP contribution in [0.25, 0.3) is 0 Å². The quantitative estimate of drug-likeness (QED) is 0.169. The summed E-state index contributed by atoms with van der Waals surface area (Å²) >= 11 is 0. The van der Waals surface area contributed by atoms with Gasteiger partial charge in [0.05, 0.1) is 0 Å².